The van der Waals surface area contributed by atoms with Gasteiger partial charge in [0, 0.05) is 48.7 Å². The minimum absolute atomic E-state index is 0. The molecule has 6 heavy (non-hydrogen) atoms. The second kappa shape index (κ2) is 10.5. The first-order valence-corrected chi connectivity index (χ1v) is 0.928. The molecule has 2 nitrogen and oxygen atoms in total. The van der Waals surface area contributed by atoms with E-state index in [-0.39, 0.29) is 93.1 Å². The number of hydrogen-bond donors (Lipinski definition) is 1. The van der Waals surface area contributed by atoms with Crippen molar-refractivity contribution >= 4 is 57.4 Å². The molecule has 1 N–H and O–H groups in total. The summed E-state index contributed by atoms with van der Waals surface area (Å²) in [5, 5.41) is 7.42. The minimum atomic E-state index is -0.833. The van der Waals surface area contributed by atoms with Crippen LogP contribution in [0.2, 0.25) is 0 Å². The van der Waals surface area contributed by atoms with Crippen LogP contribution < -0.4 is 0 Å². The third-order valence-corrected chi connectivity index (χ3v) is 0. The fourth-order valence-corrected chi connectivity index (χ4v) is 0. The molecule has 0 radical (unpaired) electrons. The first-order valence-electron chi connectivity index (χ1n) is 0.928. The molecule has 4 heteroatoms. The van der Waals surface area contributed by atoms with Crippen molar-refractivity contribution in [1.82, 2.24) is 0 Å². The Bertz CT molecular complexity index is 34.5. The van der Waals surface area contributed by atoms with Gasteiger partial charge in [-0.05, 0) is 0 Å². The Morgan fingerprint density at radius 1 is 1.67 bits per heavy atom. The van der Waals surface area contributed by atoms with Crippen molar-refractivity contribution in [3.8, 4) is 0 Å². The Morgan fingerprint density at radius 2 is 1.67 bits per heavy atom. The van der Waals surface area contributed by atoms with E-state index in [0.29, 0.717) is 0 Å². The molecule has 0 fully saturated rings. The van der Waals surface area contributed by atoms with Gasteiger partial charge in [0.15, 0.2) is 0 Å². The van der Waals surface area contributed by atoms with Crippen molar-refractivity contribution in [3.05, 3.63) is 0 Å². The predicted octanol–water partition coefficient (Wildman–Crippen LogP) is -0.558. The number of rotatable bonds is 0. The van der Waals surface area contributed by atoms with Crippen LogP contribution in [0, 0.1) is 41.7 Å². The Kier molecular flexibility index (Phi) is 27.5. The van der Waals surface area contributed by atoms with Crippen LogP contribution in [0.4, 0.5) is 0 Å². The average Bonchev–Trinajstić information content (AvgIpc) is 0.811. The van der Waals surface area contributed by atoms with Gasteiger partial charge in [0.2, 0.25) is 0 Å². The molecule has 0 aliphatic rings. The van der Waals surface area contributed by atoms with Crippen LogP contribution in [-0.2, 0) is 4.79 Å². The Morgan fingerprint density at radius 3 is 1.67 bits per heavy atom. The normalized spacial score (nSPS) is 4.17. The predicted molar refractivity (Wildman–Crippen MR) is 20.5 cm³/mol. The Balaban J connectivity index is -0.0000000450. The summed E-state index contributed by atoms with van der Waals surface area (Å²) in [4.78, 5) is 9.00. The SMILES string of the molecule is CC(=O)O.[Ce].[KH]. The maximum absolute atomic E-state index is 9.00. The Hall–Kier alpha value is 2.48. The summed E-state index contributed by atoms with van der Waals surface area (Å²) in [6.45, 7) is 1.08. The van der Waals surface area contributed by atoms with Gasteiger partial charge in [-0.2, -0.15) is 0 Å². The van der Waals surface area contributed by atoms with Crippen LogP contribution in [0.5, 0.6) is 0 Å². The fourth-order valence-electron chi connectivity index (χ4n) is 0. The van der Waals surface area contributed by atoms with E-state index in [1.54, 1.807) is 0 Å². The van der Waals surface area contributed by atoms with E-state index in [1.807, 2.05) is 0 Å². The van der Waals surface area contributed by atoms with E-state index in [0.717, 1.165) is 6.92 Å². The zero-order valence-electron chi connectivity index (χ0n) is 2.86. The summed E-state index contributed by atoms with van der Waals surface area (Å²) < 4.78 is 0. The summed E-state index contributed by atoms with van der Waals surface area (Å²) in [5.41, 5.74) is 0. The topological polar surface area (TPSA) is 37.3 Å². The molecule has 0 bridgehead atoms. The molecule has 0 heterocycles. The van der Waals surface area contributed by atoms with Crippen molar-refractivity contribution in [2.24, 2.45) is 0 Å². The summed E-state index contributed by atoms with van der Waals surface area (Å²) >= 11 is 0. The van der Waals surface area contributed by atoms with Gasteiger partial charge < -0.3 is 5.11 Å². The van der Waals surface area contributed by atoms with Gasteiger partial charge in [-0.15, -0.1) is 0 Å². The number of hydrogen-bond acceptors (Lipinski definition) is 1. The number of aliphatic carboxylic acids is 1. The third kappa shape index (κ3) is 31.6. The monoisotopic (exact) mass is 240 g/mol. The van der Waals surface area contributed by atoms with Crippen LogP contribution in [0.3, 0.4) is 0 Å². The standard InChI is InChI=1S/C2H4O2.Ce.K.H/c1-2(3)4;;;/h1H3,(H,3,4);;;. The summed E-state index contributed by atoms with van der Waals surface area (Å²) in [6, 6.07) is 0. The molecule has 0 unspecified atom stereocenters. The van der Waals surface area contributed by atoms with Crippen molar-refractivity contribution in [2.75, 3.05) is 0 Å². The molecule has 0 aliphatic heterocycles. The van der Waals surface area contributed by atoms with Gasteiger partial charge in [0.05, 0.1) is 0 Å². The van der Waals surface area contributed by atoms with E-state index in [2.05, 4.69) is 0 Å². The molecule has 0 atom stereocenters. The molecular formula is C2H5CeKO2. The molecule has 30 valence electrons. The van der Waals surface area contributed by atoms with Crippen LogP contribution in [-0.4, -0.2) is 62.5 Å². The first kappa shape index (κ1) is 15.8. The van der Waals surface area contributed by atoms with Gasteiger partial charge in [-0.25, -0.2) is 0 Å². The van der Waals surface area contributed by atoms with E-state index >= 15 is 0 Å². The van der Waals surface area contributed by atoms with Gasteiger partial charge in [0.25, 0.3) is 5.97 Å². The maximum atomic E-state index is 9.00. The van der Waals surface area contributed by atoms with Crippen LogP contribution >= 0.6 is 0 Å². The molecule has 0 amide bonds. The summed E-state index contributed by atoms with van der Waals surface area (Å²) in [6.07, 6.45) is 0. The fraction of sp³-hybridized carbons (Fsp3) is 0.500. The summed E-state index contributed by atoms with van der Waals surface area (Å²) in [7, 11) is 0. The quantitative estimate of drug-likeness (QED) is 0.576. The van der Waals surface area contributed by atoms with E-state index < -0.39 is 5.97 Å². The summed E-state index contributed by atoms with van der Waals surface area (Å²) in [5.74, 6) is -0.833. The molecule has 0 aromatic carbocycles. The number of carboxylic acid groups (broad SMARTS) is 1. The van der Waals surface area contributed by atoms with E-state index in [9.17, 15) is 0 Å². The van der Waals surface area contributed by atoms with E-state index in [4.69, 9.17) is 9.90 Å². The van der Waals surface area contributed by atoms with Gasteiger partial charge in [0.1, 0.15) is 0 Å². The average molecular weight is 240 g/mol. The molecular weight excluding hydrogens is 235 g/mol. The van der Waals surface area contributed by atoms with Gasteiger partial charge in [-0.3, -0.25) is 4.79 Å². The number of carbonyl (C=O) groups is 1. The second-order valence-corrected chi connectivity index (χ2v) is 0.519. The van der Waals surface area contributed by atoms with Crippen molar-refractivity contribution in [1.29, 1.82) is 0 Å². The molecule has 0 saturated heterocycles. The van der Waals surface area contributed by atoms with Crippen LogP contribution in [0.1, 0.15) is 6.92 Å². The van der Waals surface area contributed by atoms with Crippen LogP contribution in [0.25, 0.3) is 0 Å². The Labute approximate surface area is 113 Å². The van der Waals surface area contributed by atoms with Crippen molar-refractivity contribution in [3.63, 3.8) is 0 Å². The molecule has 0 aromatic heterocycles. The second-order valence-electron chi connectivity index (χ2n) is 0.519. The molecule has 0 aliphatic carbocycles. The zero-order chi connectivity index (χ0) is 3.58. The van der Waals surface area contributed by atoms with Gasteiger partial charge >= 0.3 is 51.4 Å². The molecule has 0 saturated carbocycles. The van der Waals surface area contributed by atoms with Crippen molar-refractivity contribution < 1.29 is 51.6 Å². The van der Waals surface area contributed by atoms with Gasteiger partial charge in [-0.1, -0.05) is 0 Å². The number of carboxylic acids is 1. The molecule has 0 spiro atoms. The zero-order valence-corrected chi connectivity index (χ0v) is 6.00. The molecule has 0 rings (SSSR count). The third-order valence-electron chi connectivity index (χ3n) is 0. The van der Waals surface area contributed by atoms with E-state index in [1.165, 1.54) is 0 Å². The van der Waals surface area contributed by atoms with Crippen LogP contribution in [0.15, 0.2) is 0 Å². The molecule has 0 aromatic rings. The van der Waals surface area contributed by atoms with Crippen molar-refractivity contribution in [2.45, 2.75) is 6.92 Å². The first-order chi connectivity index (χ1) is 1.73.